The number of anilines is 1. The molecule has 1 amide bonds. The number of hydrogen-bond acceptors (Lipinski definition) is 4. The third-order valence-corrected chi connectivity index (χ3v) is 5.53. The van der Waals surface area contributed by atoms with Gasteiger partial charge in [0.2, 0.25) is 0 Å². The van der Waals surface area contributed by atoms with Crippen molar-refractivity contribution in [1.82, 2.24) is 9.88 Å². The molecule has 0 spiro atoms. The van der Waals surface area contributed by atoms with E-state index in [1.54, 1.807) is 11.5 Å². The summed E-state index contributed by atoms with van der Waals surface area (Å²) >= 11 is 0. The van der Waals surface area contributed by atoms with Gasteiger partial charge in [-0.2, -0.15) is 0 Å². The van der Waals surface area contributed by atoms with Crippen LogP contribution in [0.15, 0.2) is 16.9 Å². The second-order valence-corrected chi connectivity index (χ2v) is 7.48. The van der Waals surface area contributed by atoms with Gasteiger partial charge < -0.3 is 25.0 Å². The Morgan fingerprint density at radius 3 is 2.74 bits per heavy atom. The van der Waals surface area contributed by atoms with E-state index in [1.807, 2.05) is 4.90 Å². The predicted molar refractivity (Wildman–Crippen MR) is 99.2 cm³/mol. The maximum absolute atomic E-state index is 15.0. The normalized spacial score (nSPS) is 19.6. The van der Waals surface area contributed by atoms with Crippen LogP contribution in [-0.2, 0) is 0 Å². The lowest BCUT2D eigenvalue weighted by molar-refractivity contribution is 0.192. The van der Waals surface area contributed by atoms with Gasteiger partial charge in [0.15, 0.2) is 0 Å². The van der Waals surface area contributed by atoms with Crippen LogP contribution in [-0.4, -0.2) is 40.5 Å². The molecule has 2 heterocycles. The number of pyridine rings is 1. The summed E-state index contributed by atoms with van der Waals surface area (Å²) in [6.45, 7) is 3.26. The molecule has 27 heavy (non-hydrogen) atoms. The van der Waals surface area contributed by atoms with Gasteiger partial charge in [0.05, 0.1) is 11.2 Å². The van der Waals surface area contributed by atoms with Gasteiger partial charge in [0, 0.05) is 37.1 Å². The maximum Gasteiger partial charge on any atom is 0.404 e. The number of rotatable bonds is 4. The minimum atomic E-state index is -1.06. The van der Waals surface area contributed by atoms with E-state index in [2.05, 4.69) is 5.32 Å². The Labute approximate surface area is 155 Å². The molecule has 4 rings (SSSR count). The second kappa shape index (κ2) is 6.44. The van der Waals surface area contributed by atoms with Crippen molar-refractivity contribution in [2.75, 3.05) is 24.5 Å². The molecule has 0 radical (unpaired) electrons. The van der Waals surface area contributed by atoms with Gasteiger partial charge in [-0.3, -0.25) is 4.79 Å². The van der Waals surface area contributed by atoms with E-state index in [4.69, 9.17) is 5.11 Å². The van der Waals surface area contributed by atoms with Crippen LogP contribution in [0.2, 0.25) is 0 Å². The van der Waals surface area contributed by atoms with Crippen molar-refractivity contribution < 1.29 is 19.4 Å². The standard InChI is InChI=1S/C19H22FN3O4/c1-10-17-13(15(24)7-16(25)23(17)12-2-3-12)6-14(20)18(10)22-5-4-11(9-22)8-21-19(26)27/h6-7,11-12,21,24H,2-5,8-9H2,1H3,(H,26,27). The number of halogens is 1. The van der Waals surface area contributed by atoms with Crippen LogP contribution < -0.4 is 15.8 Å². The van der Waals surface area contributed by atoms with Gasteiger partial charge in [-0.05, 0) is 43.7 Å². The minimum absolute atomic E-state index is 0.101. The molecular formula is C19H22FN3O4. The number of fused-ring (bicyclic) bond motifs is 1. The van der Waals surface area contributed by atoms with Crippen molar-refractivity contribution in [2.24, 2.45) is 5.92 Å². The number of aromatic nitrogens is 1. The van der Waals surface area contributed by atoms with E-state index in [0.717, 1.165) is 25.3 Å². The van der Waals surface area contributed by atoms with Crippen LogP contribution in [0.5, 0.6) is 5.75 Å². The molecule has 1 saturated heterocycles. The van der Waals surface area contributed by atoms with Crippen molar-refractivity contribution in [2.45, 2.75) is 32.2 Å². The van der Waals surface area contributed by atoms with Crippen molar-refractivity contribution >= 4 is 22.7 Å². The topological polar surface area (TPSA) is 94.8 Å². The van der Waals surface area contributed by atoms with Crippen LogP contribution in [0.1, 0.15) is 30.9 Å². The van der Waals surface area contributed by atoms with E-state index in [0.29, 0.717) is 41.8 Å². The number of carboxylic acid groups (broad SMARTS) is 1. The zero-order chi connectivity index (χ0) is 19.3. The third kappa shape index (κ3) is 3.09. The molecule has 1 aliphatic carbocycles. The summed E-state index contributed by atoms with van der Waals surface area (Å²) in [5.41, 5.74) is 1.38. The smallest absolute Gasteiger partial charge is 0.404 e. The van der Waals surface area contributed by atoms with Crippen molar-refractivity contribution in [3.63, 3.8) is 0 Å². The molecule has 1 unspecified atom stereocenters. The lowest BCUT2D eigenvalue weighted by Crippen LogP contribution is -2.30. The van der Waals surface area contributed by atoms with E-state index in [1.165, 1.54) is 6.07 Å². The summed E-state index contributed by atoms with van der Waals surface area (Å²) in [5.74, 6) is -0.543. The zero-order valence-corrected chi connectivity index (χ0v) is 15.0. The number of benzene rings is 1. The molecule has 2 aliphatic rings. The van der Waals surface area contributed by atoms with E-state index in [9.17, 15) is 19.1 Å². The molecule has 1 saturated carbocycles. The summed E-state index contributed by atoms with van der Waals surface area (Å²) < 4.78 is 16.6. The first-order chi connectivity index (χ1) is 12.9. The first-order valence-corrected chi connectivity index (χ1v) is 9.16. The van der Waals surface area contributed by atoms with Crippen LogP contribution >= 0.6 is 0 Å². The first-order valence-electron chi connectivity index (χ1n) is 9.16. The molecule has 2 aromatic rings. The third-order valence-electron chi connectivity index (χ3n) is 5.53. The molecule has 3 N–H and O–H groups in total. The fraction of sp³-hybridized carbons (Fsp3) is 0.474. The molecule has 1 aliphatic heterocycles. The van der Waals surface area contributed by atoms with Gasteiger partial charge in [0.25, 0.3) is 5.56 Å². The number of amides is 1. The van der Waals surface area contributed by atoms with Crippen molar-refractivity contribution in [1.29, 1.82) is 0 Å². The summed E-state index contributed by atoms with van der Waals surface area (Å²) in [6, 6.07) is 2.56. The molecule has 144 valence electrons. The number of nitrogens with zero attached hydrogens (tertiary/aromatic N) is 2. The summed E-state index contributed by atoms with van der Waals surface area (Å²) in [5, 5.41) is 21.7. The molecule has 0 bridgehead atoms. The molecule has 7 nitrogen and oxygen atoms in total. The van der Waals surface area contributed by atoms with Gasteiger partial charge in [-0.25, -0.2) is 9.18 Å². The SMILES string of the molecule is Cc1c(N2CCC(CNC(=O)O)C2)c(F)cc2c(O)cc(=O)n(C3CC3)c12. The largest absolute Gasteiger partial charge is 0.507 e. The van der Waals surface area contributed by atoms with Crippen molar-refractivity contribution in [3.05, 3.63) is 33.9 Å². The Hall–Kier alpha value is -2.77. The molecule has 1 aromatic carbocycles. The minimum Gasteiger partial charge on any atom is -0.507 e. The van der Waals surface area contributed by atoms with Gasteiger partial charge in [-0.15, -0.1) is 0 Å². The fourth-order valence-electron chi connectivity index (χ4n) is 4.15. The Balaban J connectivity index is 1.77. The highest BCUT2D eigenvalue weighted by Crippen LogP contribution is 2.41. The highest BCUT2D eigenvalue weighted by atomic mass is 19.1. The molecule has 1 atom stereocenters. The summed E-state index contributed by atoms with van der Waals surface area (Å²) in [7, 11) is 0. The lowest BCUT2D eigenvalue weighted by atomic mass is 10.1. The molecule has 8 heteroatoms. The Bertz CT molecular complexity index is 983. The van der Waals surface area contributed by atoms with Crippen LogP contribution in [0.3, 0.4) is 0 Å². The number of hydrogen-bond donors (Lipinski definition) is 3. The molecule has 2 fully saturated rings. The first kappa shape index (κ1) is 17.6. The number of aryl methyl sites for hydroxylation is 1. The van der Waals surface area contributed by atoms with Crippen LogP contribution in [0, 0.1) is 18.7 Å². The second-order valence-electron chi connectivity index (χ2n) is 7.48. The molecule has 1 aromatic heterocycles. The summed E-state index contributed by atoms with van der Waals surface area (Å²) in [6.07, 6.45) is 1.49. The van der Waals surface area contributed by atoms with E-state index < -0.39 is 11.9 Å². The lowest BCUT2D eigenvalue weighted by Gasteiger charge is -2.24. The Kier molecular flexibility index (Phi) is 4.20. The van der Waals surface area contributed by atoms with Gasteiger partial charge in [0.1, 0.15) is 11.6 Å². The summed E-state index contributed by atoms with van der Waals surface area (Å²) in [4.78, 5) is 25.0. The average molecular weight is 375 g/mol. The highest BCUT2D eigenvalue weighted by Gasteiger charge is 2.31. The average Bonchev–Trinajstić information content (AvgIpc) is 3.32. The van der Waals surface area contributed by atoms with Crippen molar-refractivity contribution in [3.8, 4) is 5.75 Å². The maximum atomic E-state index is 15.0. The fourth-order valence-corrected chi connectivity index (χ4v) is 4.15. The monoisotopic (exact) mass is 375 g/mol. The number of aromatic hydroxyl groups is 1. The quantitative estimate of drug-likeness (QED) is 0.764. The van der Waals surface area contributed by atoms with Gasteiger partial charge >= 0.3 is 6.09 Å². The van der Waals surface area contributed by atoms with Crippen LogP contribution in [0.25, 0.3) is 10.9 Å². The Morgan fingerprint density at radius 2 is 2.07 bits per heavy atom. The Morgan fingerprint density at radius 1 is 1.33 bits per heavy atom. The number of carbonyl (C=O) groups is 1. The number of nitrogens with one attached hydrogen (secondary N) is 1. The highest BCUT2D eigenvalue weighted by molar-refractivity contribution is 5.92. The van der Waals surface area contributed by atoms with Crippen LogP contribution in [0.4, 0.5) is 14.9 Å². The van der Waals surface area contributed by atoms with E-state index in [-0.39, 0.29) is 23.3 Å². The van der Waals surface area contributed by atoms with E-state index >= 15 is 0 Å². The predicted octanol–water partition coefficient (Wildman–Crippen LogP) is 2.58. The van der Waals surface area contributed by atoms with Gasteiger partial charge in [-0.1, -0.05) is 0 Å². The molecular weight excluding hydrogens is 353 g/mol. The zero-order valence-electron chi connectivity index (χ0n) is 15.0.